The number of nitrogens with one attached hydrogen (secondary N) is 1. The minimum absolute atomic E-state index is 0.0371. The fraction of sp³-hybridized carbons (Fsp3) is 0.519. The molecule has 1 aromatic carbocycles. The predicted octanol–water partition coefficient (Wildman–Crippen LogP) is 7.37. The molecule has 0 bridgehead atoms. The summed E-state index contributed by atoms with van der Waals surface area (Å²) >= 11 is 0. The van der Waals surface area contributed by atoms with Crippen LogP contribution in [0, 0.1) is 5.41 Å². The molecule has 1 N–H and O–H groups in total. The predicted molar refractivity (Wildman–Crippen MR) is 127 cm³/mol. The molecule has 2 unspecified atom stereocenters. The van der Waals surface area contributed by atoms with Gasteiger partial charge < -0.3 is 10.1 Å². The third-order valence-corrected chi connectivity index (χ3v) is 7.07. The van der Waals surface area contributed by atoms with E-state index in [1.165, 1.54) is 13.1 Å². The maximum atomic E-state index is 14.0. The van der Waals surface area contributed by atoms with Gasteiger partial charge in [-0.25, -0.2) is 4.39 Å². The summed E-state index contributed by atoms with van der Waals surface area (Å²) in [5.74, 6) is 0. The molecule has 2 atom stereocenters. The SMILES string of the molecule is C=C1CC(C)(c2ccc(C3=CCC(C)(F)C=N3)cc2)OCCC/C(CC2(C(F)(F)F)CC2)=C\N1. The number of nitrogens with zero attached hydrogens (tertiary/aromatic N) is 1. The number of rotatable bonds is 4. The van der Waals surface area contributed by atoms with E-state index in [2.05, 4.69) is 16.9 Å². The molecule has 1 saturated carbocycles. The van der Waals surface area contributed by atoms with Gasteiger partial charge in [0.1, 0.15) is 5.67 Å². The summed E-state index contributed by atoms with van der Waals surface area (Å²) in [6.07, 6.45) is 3.11. The summed E-state index contributed by atoms with van der Waals surface area (Å²) in [5.41, 5.74) is 0.464. The highest BCUT2D eigenvalue weighted by molar-refractivity contribution is 5.81. The smallest absolute Gasteiger partial charge is 0.370 e. The quantitative estimate of drug-likeness (QED) is 0.461. The zero-order chi connectivity index (χ0) is 24.6. The molecule has 34 heavy (non-hydrogen) atoms. The minimum atomic E-state index is -4.16. The third kappa shape index (κ3) is 5.45. The van der Waals surface area contributed by atoms with Crippen molar-refractivity contribution in [3.8, 4) is 0 Å². The normalized spacial score (nSPS) is 31.2. The van der Waals surface area contributed by atoms with Crippen LogP contribution in [0.15, 0.2) is 59.4 Å². The molecule has 2 aliphatic heterocycles. The number of hydrogen-bond acceptors (Lipinski definition) is 3. The first-order valence-electron chi connectivity index (χ1n) is 11.8. The van der Waals surface area contributed by atoms with E-state index < -0.39 is 22.9 Å². The van der Waals surface area contributed by atoms with Crippen molar-refractivity contribution in [3.63, 3.8) is 0 Å². The summed E-state index contributed by atoms with van der Waals surface area (Å²) in [5, 5.41) is 3.13. The van der Waals surface area contributed by atoms with Gasteiger partial charge in [-0.2, -0.15) is 13.2 Å². The van der Waals surface area contributed by atoms with Crippen molar-refractivity contribution >= 4 is 11.9 Å². The summed E-state index contributed by atoms with van der Waals surface area (Å²) < 4.78 is 60.5. The second-order valence-electron chi connectivity index (χ2n) is 10.3. The number of benzene rings is 1. The van der Waals surface area contributed by atoms with Crippen LogP contribution in [0.1, 0.15) is 69.9 Å². The molecule has 1 fully saturated rings. The molecule has 1 aromatic rings. The second-order valence-corrected chi connectivity index (χ2v) is 10.3. The average Bonchev–Trinajstić information content (AvgIpc) is 3.56. The highest BCUT2D eigenvalue weighted by Crippen LogP contribution is 2.61. The molecular weight excluding hydrogens is 444 g/mol. The summed E-state index contributed by atoms with van der Waals surface area (Å²) in [6.45, 7) is 8.02. The van der Waals surface area contributed by atoms with Crippen LogP contribution in [0.4, 0.5) is 17.6 Å². The fourth-order valence-corrected chi connectivity index (χ4v) is 4.64. The Morgan fingerprint density at radius 2 is 1.85 bits per heavy atom. The van der Waals surface area contributed by atoms with Gasteiger partial charge in [0.25, 0.3) is 0 Å². The molecule has 7 heteroatoms. The number of halogens is 4. The Balaban J connectivity index is 1.45. The van der Waals surface area contributed by atoms with Gasteiger partial charge in [-0.05, 0) is 63.3 Å². The average molecular weight is 477 g/mol. The first kappa shape index (κ1) is 24.7. The van der Waals surface area contributed by atoms with Crippen molar-refractivity contribution in [2.45, 2.75) is 76.2 Å². The van der Waals surface area contributed by atoms with E-state index >= 15 is 0 Å². The number of allylic oxidation sites excluding steroid dienone is 2. The van der Waals surface area contributed by atoms with Crippen molar-refractivity contribution in [1.29, 1.82) is 0 Å². The molecular formula is C27H32F4N2O. The lowest BCUT2D eigenvalue weighted by molar-refractivity contribution is -0.186. The van der Waals surface area contributed by atoms with E-state index in [0.717, 1.165) is 22.4 Å². The van der Waals surface area contributed by atoms with E-state index in [4.69, 9.17) is 4.74 Å². The Morgan fingerprint density at radius 1 is 1.15 bits per heavy atom. The molecule has 0 saturated heterocycles. The molecule has 0 radical (unpaired) electrons. The number of ether oxygens (including phenoxy) is 1. The Kier molecular flexibility index (Phi) is 6.53. The van der Waals surface area contributed by atoms with Gasteiger partial charge in [0.05, 0.1) is 16.7 Å². The van der Waals surface area contributed by atoms with Gasteiger partial charge >= 0.3 is 6.18 Å². The first-order chi connectivity index (χ1) is 15.9. The molecule has 1 aliphatic carbocycles. The highest BCUT2D eigenvalue weighted by atomic mass is 19.4. The van der Waals surface area contributed by atoms with Crippen LogP contribution in [-0.2, 0) is 10.3 Å². The Hall–Kier alpha value is -2.41. The molecule has 0 aromatic heterocycles. The second kappa shape index (κ2) is 8.99. The lowest BCUT2D eigenvalue weighted by Gasteiger charge is -2.33. The molecule has 184 valence electrons. The molecule has 4 rings (SSSR count). The number of alkyl halides is 4. The molecule has 3 aliphatic rings. The lowest BCUT2D eigenvalue weighted by atomic mass is 9.89. The summed E-state index contributed by atoms with van der Waals surface area (Å²) in [4.78, 5) is 4.26. The largest absolute Gasteiger partial charge is 0.394 e. The Bertz CT molecular complexity index is 1020. The maximum absolute atomic E-state index is 14.0. The van der Waals surface area contributed by atoms with E-state index in [1.54, 1.807) is 12.3 Å². The molecule has 3 nitrogen and oxygen atoms in total. The van der Waals surface area contributed by atoms with Crippen molar-refractivity contribution in [2.75, 3.05) is 6.61 Å². The van der Waals surface area contributed by atoms with Crippen LogP contribution in [0.2, 0.25) is 0 Å². The van der Waals surface area contributed by atoms with Crippen molar-refractivity contribution in [1.82, 2.24) is 5.32 Å². The van der Waals surface area contributed by atoms with Gasteiger partial charge in [0.15, 0.2) is 0 Å². The third-order valence-electron chi connectivity index (χ3n) is 7.07. The topological polar surface area (TPSA) is 33.6 Å². The van der Waals surface area contributed by atoms with Crippen LogP contribution in [0.3, 0.4) is 0 Å². The molecule has 0 amide bonds. The first-order valence-corrected chi connectivity index (χ1v) is 11.8. The van der Waals surface area contributed by atoms with Crippen LogP contribution in [0.25, 0.3) is 5.70 Å². The molecule has 0 spiro atoms. The van der Waals surface area contributed by atoms with E-state index in [0.29, 0.717) is 38.0 Å². The van der Waals surface area contributed by atoms with E-state index in [-0.39, 0.29) is 19.3 Å². The summed E-state index contributed by atoms with van der Waals surface area (Å²) in [7, 11) is 0. The fourth-order valence-electron chi connectivity index (χ4n) is 4.64. The standard InChI is InChI=1S/C27H32F4N2O/c1-19-15-25(3,22-8-6-21(7-9-22)23-10-11-24(2,28)18-33-23)34-14-4-5-20(17-32-19)16-26(12-13-26)27(29,30)31/h6-10,17-18,32H,1,4-5,11-16H2,2-3H3/b20-17+. The van der Waals surface area contributed by atoms with Crippen molar-refractivity contribution in [3.05, 3.63) is 65.5 Å². The van der Waals surface area contributed by atoms with E-state index in [1.807, 2.05) is 31.2 Å². The van der Waals surface area contributed by atoms with Gasteiger partial charge in [-0.1, -0.05) is 42.5 Å². The van der Waals surface area contributed by atoms with Crippen molar-refractivity contribution in [2.24, 2.45) is 10.4 Å². The van der Waals surface area contributed by atoms with Gasteiger partial charge in [0, 0.05) is 31.4 Å². The number of aliphatic imine (C=N–C) groups is 1. The van der Waals surface area contributed by atoms with E-state index in [9.17, 15) is 17.6 Å². The zero-order valence-corrected chi connectivity index (χ0v) is 19.8. The Labute approximate surface area is 198 Å². The minimum Gasteiger partial charge on any atom is -0.370 e. The lowest BCUT2D eigenvalue weighted by Crippen LogP contribution is -2.30. The number of hydrogen-bond donors (Lipinski definition) is 1. The maximum Gasteiger partial charge on any atom is 0.394 e. The van der Waals surface area contributed by atoms with Gasteiger partial charge in [-0.15, -0.1) is 0 Å². The van der Waals surface area contributed by atoms with Gasteiger partial charge in [-0.3, -0.25) is 4.99 Å². The van der Waals surface area contributed by atoms with Crippen LogP contribution in [0.5, 0.6) is 0 Å². The highest BCUT2D eigenvalue weighted by Gasteiger charge is 2.62. The van der Waals surface area contributed by atoms with Crippen LogP contribution < -0.4 is 5.32 Å². The van der Waals surface area contributed by atoms with Gasteiger partial charge in [0.2, 0.25) is 0 Å². The van der Waals surface area contributed by atoms with Crippen molar-refractivity contribution < 1.29 is 22.3 Å². The Morgan fingerprint density at radius 3 is 2.44 bits per heavy atom. The zero-order valence-electron chi connectivity index (χ0n) is 19.8. The summed E-state index contributed by atoms with van der Waals surface area (Å²) in [6, 6.07) is 7.87. The van der Waals surface area contributed by atoms with Crippen LogP contribution >= 0.6 is 0 Å². The van der Waals surface area contributed by atoms with Crippen LogP contribution in [-0.4, -0.2) is 24.7 Å². The monoisotopic (exact) mass is 476 g/mol. The molecule has 2 heterocycles.